The molecule has 3 heterocycles. The average Bonchev–Trinajstić information content (AvgIpc) is 3.21. The molecular formula is C22H30FN7. The third kappa shape index (κ3) is 3.39. The van der Waals surface area contributed by atoms with E-state index < -0.39 is 0 Å². The van der Waals surface area contributed by atoms with Gasteiger partial charge in [0.25, 0.3) is 0 Å². The number of anilines is 1. The Kier molecular flexibility index (Phi) is 4.35. The Balaban J connectivity index is 1.11. The van der Waals surface area contributed by atoms with Crippen molar-refractivity contribution in [1.82, 2.24) is 25.1 Å². The number of hydrogen-bond acceptors (Lipinski definition) is 6. The van der Waals surface area contributed by atoms with Gasteiger partial charge in [0.2, 0.25) is 5.95 Å². The van der Waals surface area contributed by atoms with Crippen molar-refractivity contribution in [2.75, 3.05) is 5.32 Å². The molecule has 3 saturated carbocycles. The second kappa shape index (κ2) is 6.99. The lowest BCUT2D eigenvalue weighted by molar-refractivity contribution is 0.236. The normalized spacial score (nSPS) is 31.4. The molecule has 30 heavy (non-hydrogen) atoms. The minimum atomic E-state index is -0.375. The Morgan fingerprint density at radius 2 is 1.83 bits per heavy atom. The van der Waals surface area contributed by atoms with E-state index >= 15 is 0 Å². The summed E-state index contributed by atoms with van der Waals surface area (Å²) in [5.41, 5.74) is 8.61. The van der Waals surface area contributed by atoms with Crippen LogP contribution in [0.2, 0.25) is 0 Å². The van der Waals surface area contributed by atoms with Crippen molar-refractivity contribution in [1.29, 1.82) is 0 Å². The maximum absolute atomic E-state index is 14.6. The molecule has 0 amide bonds. The summed E-state index contributed by atoms with van der Waals surface area (Å²) in [6.45, 7) is 0.963. The van der Waals surface area contributed by atoms with Crippen molar-refractivity contribution in [3.63, 3.8) is 0 Å². The topological polar surface area (TPSA) is 93.7 Å². The van der Waals surface area contributed by atoms with E-state index in [1.807, 2.05) is 4.68 Å². The first-order valence-corrected chi connectivity index (χ1v) is 11.4. The predicted octanol–water partition coefficient (Wildman–Crippen LogP) is 2.62. The van der Waals surface area contributed by atoms with Crippen LogP contribution in [-0.2, 0) is 13.0 Å². The van der Waals surface area contributed by atoms with Crippen molar-refractivity contribution < 1.29 is 4.39 Å². The first kappa shape index (κ1) is 18.7. The third-order valence-corrected chi connectivity index (χ3v) is 7.64. The molecule has 0 atom stereocenters. The Hall–Kier alpha value is -2.06. The molecule has 0 aromatic carbocycles. The molecule has 1 aliphatic heterocycles. The van der Waals surface area contributed by atoms with Crippen LogP contribution >= 0.6 is 0 Å². The van der Waals surface area contributed by atoms with Crippen LogP contribution in [0.15, 0.2) is 12.4 Å². The maximum atomic E-state index is 14.6. The number of fused-ring (bicyclic) bond motifs is 1. The minimum absolute atomic E-state index is 0.331. The summed E-state index contributed by atoms with van der Waals surface area (Å²) in [7, 11) is 0. The molecule has 6 rings (SSSR count). The highest BCUT2D eigenvalue weighted by molar-refractivity contribution is 5.64. The lowest BCUT2D eigenvalue weighted by atomic mass is 9.84. The molecular weight excluding hydrogens is 381 g/mol. The first-order valence-electron chi connectivity index (χ1n) is 11.4. The van der Waals surface area contributed by atoms with Gasteiger partial charge < -0.3 is 16.4 Å². The van der Waals surface area contributed by atoms with Gasteiger partial charge in [0, 0.05) is 42.0 Å². The van der Waals surface area contributed by atoms with Gasteiger partial charge in [-0.1, -0.05) is 0 Å². The van der Waals surface area contributed by atoms with Crippen molar-refractivity contribution in [3.8, 4) is 11.3 Å². The zero-order valence-corrected chi connectivity index (χ0v) is 17.3. The summed E-state index contributed by atoms with van der Waals surface area (Å²) in [6, 6.07) is 1.90. The monoisotopic (exact) mass is 411 g/mol. The first-order chi connectivity index (χ1) is 14.6. The van der Waals surface area contributed by atoms with E-state index in [4.69, 9.17) is 5.73 Å². The third-order valence-electron chi connectivity index (χ3n) is 7.64. The van der Waals surface area contributed by atoms with Gasteiger partial charge in [0.1, 0.15) is 5.69 Å². The van der Waals surface area contributed by atoms with Crippen LogP contribution in [0.4, 0.5) is 10.3 Å². The average molecular weight is 412 g/mol. The smallest absolute Gasteiger partial charge is 0.223 e. The number of halogens is 1. The Bertz CT molecular complexity index is 939. The van der Waals surface area contributed by atoms with Gasteiger partial charge in [-0.25, -0.2) is 14.4 Å². The number of hydrogen-bond donors (Lipinski definition) is 3. The van der Waals surface area contributed by atoms with E-state index in [9.17, 15) is 4.39 Å². The molecule has 8 heteroatoms. The van der Waals surface area contributed by atoms with Crippen LogP contribution in [0.25, 0.3) is 11.3 Å². The molecule has 160 valence electrons. The molecule has 4 N–H and O–H groups in total. The number of nitrogens with two attached hydrogens (primary N) is 1. The second-order valence-electron chi connectivity index (χ2n) is 10.0. The van der Waals surface area contributed by atoms with Gasteiger partial charge in [0.15, 0.2) is 5.82 Å². The standard InChI is InChI=1S/C22H30FN7/c23-18-11-25-21(28-15-3-1-14(2-4-15)27-16-7-13(24)8-16)29-20(18)17-10-26-30-12-22(5-6-22)9-19(17)30/h10-11,13-16,27H,1-9,12,24H2,(H,25,28,29). The molecule has 2 aromatic rings. The summed E-state index contributed by atoms with van der Waals surface area (Å²) in [5, 5.41) is 11.7. The van der Waals surface area contributed by atoms with Gasteiger partial charge in [-0.2, -0.15) is 5.10 Å². The fourth-order valence-electron chi connectivity index (χ4n) is 5.52. The largest absolute Gasteiger partial charge is 0.351 e. The fraction of sp³-hybridized carbons (Fsp3) is 0.682. The van der Waals surface area contributed by atoms with Gasteiger partial charge in [-0.15, -0.1) is 0 Å². The van der Waals surface area contributed by atoms with Crippen molar-refractivity contribution in [2.24, 2.45) is 11.1 Å². The number of nitrogens with one attached hydrogen (secondary N) is 2. The lowest BCUT2D eigenvalue weighted by Crippen LogP contribution is -2.52. The molecule has 0 radical (unpaired) electrons. The van der Waals surface area contributed by atoms with Crippen molar-refractivity contribution >= 4 is 5.95 Å². The molecule has 0 saturated heterocycles. The zero-order valence-electron chi connectivity index (χ0n) is 17.3. The Morgan fingerprint density at radius 3 is 2.57 bits per heavy atom. The van der Waals surface area contributed by atoms with Crippen LogP contribution in [-0.4, -0.2) is 43.9 Å². The Labute approximate surface area is 176 Å². The molecule has 3 aliphatic carbocycles. The van der Waals surface area contributed by atoms with Crippen LogP contribution < -0.4 is 16.4 Å². The summed E-state index contributed by atoms with van der Waals surface area (Å²) in [4.78, 5) is 8.79. The Morgan fingerprint density at radius 1 is 1.07 bits per heavy atom. The predicted molar refractivity (Wildman–Crippen MR) is 112 cm³/mol. The van der Waals surface area contributed by atoms with E-state index in [2.05, 4.69) is 25.7 Å². The number of nitrogens with zero attached hydrogens (tertiary/aromatic N) is 4. The highest BCUT2D eigenvalue weighted by Gasteiger charge is 2.49. The van der Waals surface area contributed by atoms with E-state index in [0.29, 0.717) is 41.2 Å². The zero-order chi connectivity index (χ0) is 20.3. The molecule has 0 unspecified atom stereocenters. The van der Waals surface area contributed by atoms with E-state index in [-0.39, 0.29) is 5.82 Å². The molecule has 0 bridgehead atoms. The molecule has 7 nitrogen and oxygen atoms in total. The summed E-state index contributed by atoms with van der Waals surface area (Å²) >= 11 is 0. The van der Waals surface area contributed by atoms with E-state index in [0.717, 1.165) is 62.7 Å². The minimum Gasteiger partial charge on any atom is -0.351 e. The number of rotatable bonds is 5. The molecule has 2 aromatic heterocycles. The van der Waals surface area contributed by atoms with Crippen LogP contribution in [0, 0.1) is 11.2 Å². The van der Waals surface area contributed by atoms with Crippen LogP contribution in [0.1, 0.15) is 57.1 Å². The van der Waals surface area contributed by atoms with E-state index in [1.54, 1.807) is 6.20 Å². The van der Waals surface area contributed by atoms with Crippen molar-refractivity contribution in [3.05, 3.63) is 23.9 Å². The summed E-state index contributed by atoms with van der Waals surface area (Å²) in [5.74, 6) is 0.145. The summed E-state index contributed by atoms with van der Waals surface area (Å²) in [6.07, 6.45) is 13.2. The molecule has 1 spiro atoms. The quantitative estimate of drug-likeness (QED) is 0.700. The maximum Gasteiger partial charge on any atom is 0.223 e. The van der Waals surface area contributed by atoms with Crippen LogP contribution in [0.3, 0.4) is 0 Å². The van der Waals surface area contributed by atoms with Gasteiger partial charge in [-0.3, -0.25) is 4.68 Å². The van der Waals surface area contributed by atoms with Gasteiger partial charge >= 0.3 is 0 Å². The molecule has 4 aliphatic rings. The van der Waals surface area contributed by atoms with Gasteiger partial charge in [-0.05, 0) is 63.2 Å². The van der Waals surface area contributed by atoms with Gasteiger partial charge in [0.05, 0.1) is 12.4 Å². The highest BCUT2D eigenvalue weighted by atomic mass is 19.1. The highest BCUT2D eigenvalue weighted by Crippen LogP contribution is 2.54. The number of aromatic nitrogens is 4. The summed E-state index contributed by atoms with van der Waals surface area (Å²) < 4.78 is 16.7. The van der Waals surface area contributed by atoms with E-state index in [1.165, 1.54) is 19.0 Å². The second-order valence-corrected chi connectivity index (χ2v) is 10.0. The van der Waals surface area contributed by atoms with Crippen LogP contribution in [0.5, 0.6) is 0 Å². The lowest BCUT2D eigenvalue weighted by Gasteiger charge is -2.38. The van der Waals surface area contributed by atoms with Crippen molar-refractivity contribution in [2.45, 2.75) is 88.5 Å². The SMILES string of the molecule is NC1CC(NC2CCC(Nc3ncc(F)c(-c4cnn5c4CC4(CC4)C5)n3)CC2)C1. The fourth-order valence-corrected chi connectivity index (χ4v) is 5.52. The molecule has 3 fully saturated rings.